The van der Waals surface area contributed by atoms with Crippen molar-refractivity contribution in [3.05, 3.63) is 28.8 Å². The SMILES string of the molecule is CCN(CC(N)=O)c1cc(Cl)ccc1CNC(C)C. The minimum atomic E-state index is -0.343. The van der Waals surface area contributed by atoms with Crippen molar-refractivity contribution in [2.24, 2.45) is 5.73 Å². The molecule has 19 heavy (non-hydrogen) atoms. The molecule has 0 aliphatic carbocycles. The minimum Gasteiger partial charge on any atom is -0.368 e. The lowest BCUT2D eigenvalue weighted by atomic mass is 10.1. The lowest BCUT2D eigenvalue weighted by Crippen LogP contribution is -2.34. The maximum absolute atomic E-state index is 11.1. The van der Waals surface area contributed by atoms with Crippen molar-refractivity contribution in [2.75, 3.05) is 18.0 Å². The second-order valence-electron chi connectivity index (χ2n) is 4.79. The lowest BCUT2D eigenvalue weighted by molar-refractivity contribution is -0.116. The van der Waals surface area contributed by atoms with Gasteiger partial charge in [-0.25, -0.2) is 0 Å². The van der Waals surface area contributed by atoms with E-state index in [1.807, 2.05) is 30.0 Å². The van der Waals surface area contributed by atoms with Gasteiger partial charge in [0.05, 0.1) is 6.54 Å². The van der Waals surface area contributed by atoms with Crippen LogP contribution in [0.25, 0.3) is 0 Å². The van der Waals surface area contributed by atoms with Gasteiger partial charge in [0.2, 0.25) is 5.91 Å². The van der Waals surface area contributed by atoms with Crippen molar-refractivity contribution < 1.29 is 4.79 Å². The Balaban J connectivity index is 3.00. The number of hydrogen-bond acceptors (Lipinski definition) is 3. The summed E-state index contributed by atoms with van der Waals surface area (Å²) in [5.41, 5.74) is 7.36. The van der Waals surface area contributed by atoms with Crippen LogP contribution >= 0.6 is 11.6 Å². The Bertz CT molecular complexity index is 435. The summed E-state index contributed by atoms with van der Waals surface area (Å²) in [7, 11) is 0. The number of primary amides is 1. The van der Waals surface area contributed by atoms with Gasteiger partial charge in [0.15, 0.2) is 0 Å². The number of nitrogens with one attached hydrogen (secondary N) is 1. The summed E-state index contributed by atoms with van der Waals surface area (Å²) < 4.78 is 0. The summed E-state index contributed by atoms with van der Waals surface area (Å²) >= 11 is 6.05. The van der Waals surface area contributed by atoms with Gasteiger partial charge in [-0.2, -0.15) is 0 Å². The largest absolute Gasteiger partial charge is 0.368 e. The van der Waals surface area contributed by atoms with Gasteiger partial charge in [-0.1, -0.05) is 31.5 Å². The Kier molecular flexibility index (Phi) is 6.12. The predicted octanol–water partition coefficient (Wildman–Crippen LogP) is 2.15. The van der Waals surface area contributed by atoms with E-state index >= 15 is 0 Å². The number of hydrogen-bond donors (Lipinski definition) is 2. The van der Waals surface area contributed by atoms with Crippen molar-refractivity contribution in [1.29, 1.82) is 0 Å². The molecule has 0 saturated carbocycles. The molecule has 1 aromatic rings. The quantitative estimate of drug-likeness (QED) is 0.806. The molecule has 0 saturated heterocycles. The number of anilines is 1. The van der Waals surface area contributed by atoms with Gasteiger partial charge >= 0.3 is 0 Å². The lowest BCUT2D eigenvalue weighted by Gasteiger charge is -2.25. The molecular weight excluding hydrogens is 262 g/mol. The van der Waals surface area contributed by atoms with E-state index < -0.39 is 0 Å². The summed E-state index contributed by atoms with van der Waals surface area (Å²) in [5, 5.41) is 4.03. The topological polar surface area (TPSA) is 58.4 Å². The van der Waals surface area contributed by atoms with Crippen molar-refractivity contribution in [2.45, 2.75) is 33.4 Å². The summed E-state index contributed by atoms with van der Waals surface area (Å²) in [5.74, 6) is -0.343. The summed E-state index contributed by atoms with van der Waals surface area (Å²) in [6.07, 6.45) is 0. The highest BCUT2D eigenvalue weighted by atomic mass is 35.5. The van der Waals surface area contributed by atoms with Crippen LogP contribution < -0.4 is 16.0 Å². The van der Waals surface area contributed by atoms with Crippen LogP contribution in [-0.4, -0.2) is 25.0 Å². The zero-order valence-corrected chi connectivity index (χ0v) is 12.5. The molecule has 106 valence electrons. The predicted molar refractivity (Wildman–Crippen MR) is 80.5 cm³/mol. The van der Waals surface area contributed by atoms with E-state index in [1.165, 1.54) is 0 Å². The van der Waals surface area contributed by atoms with Crippen LogP contribution in [0.1, 0.15) is 26.3 Å². The summed E-state index contributed by atoms with van der Waals surface area (Å²) in [6, 6.07) is 6.12. The number of rotatable bonds is 7. The fourth-order valence-corrected chi connectivity index (χ4v) is 2.02. The van der Waals surface area contributed by atoms with Gasteiger partial charge in [-0.15, -0.1) is 0 Å². The third kappa shape index (κ3) is 5.09. The minimum absolute atomic E-state index is 0.200. The van der Waals surface area contributed by atoms with Crippen LogP contribution in [0.5, 0.6) is 0 Å². The highest BCUT2D eigenvalue weighted by molar-refractivity contribution is 6.30. The average Bonchev–Trinajstić information content (AvgIpc) is 2.34. The zero-order valence-electron chi connectivity index (χ0n) is 11.7. The molecule has 1 aromatic carbocycles. The van der Waals surface area contributed by atoms with Crippen molar-refractivity contribution in [3.8, 4) is 0 Å². The maximum Gasteiger partial charge on any atom is 0.236 e. The highest BCUT2D eigenvalue weighted by Crippen LogP contribution is 2.25. The van der Waals surface area contributed by atoms with Gasteiger partial charge in [0, 0.05) is 29.8 Å². The zero-order chi connectivity index (χ0) is 14.4. The Labute approximate surface area is 119 Å². The fourth-order valence-electron chi connectivity index (χ4n) is 1.85. The number of benzene rings is 1. The van der Waals surface area contributed by atoms with Crippen LogP contribution in [0.2, 0.25) is 5.02 Å². The monoisotopic (exact) mass is 283 g/mol. The standard InChI is InChI=1S/C14H22ClN3O/c1-4-18(9-14(16)19)13-7-12(15)6-5-11(13)8-17-10(2)3/h5-7,10,17H,4,8-9H2,1-3H3,(H2,16,19). The first-order valence-corrected chi connectivity index (χ1v) is 6.86. The van der Waals surface area contributed by atoms with Crippen molar-refractivity contribution in [3.63, 3.8) is 0 Å². The van der Waals surface area contributed by atoms with Crippen LogP contribution in [0, 0.1) is 0 Å². The first-order valence-electron chi connectivity index (χ1n) is 6.49. The molecule has 0 spiro atoms. The molecule has 0 radical (unpaired) electrons. The van der Waals surface area contributed by atoms with Crippen molar-refractivity contribution >= 4 is 23.2 Å². The van der Waals surface area contributed by atoms with Gasteiger partial charge < -0.3 is 16.0 Å². The molecule has 0 aliphatic rings. The Hall–Kier alpha value is -1.26. The second-order valence-corrected chi connectivity index (χ2v) is 5.23. The number of halogens is 1. The molecule has 3 N–H and O–H groups in total. The Morgan fingerprint density at radius 3 is 2.68 bits per heavy atom. The number of likely N-dealkylation sites (N-methyl/N-ethyl adjacent to an activating group) is 1. The molecule has 0 bridgehead atoms. The molecule has 4 nitrogen and oxygen atoms in total. The molecular formula is C14H22ClN3O. The molecule has 1 amide bonds. The van der Waals surface area contributed by atoms with E-state index in [4.69, 9.17) is 17.3 Å². The molecule has 0 unspecified atom stereocenters. The van der Waals surface area contributed by atoms with E-state index in [-0.39, 0.29) is 12.5 Å². The molecule has 0 aliphatic heterocycles. The Morgan fingerprint density at radius 1 is 1.47 bits per heavy atom. The fraction of sp³-hybridized carbons (Fsp3) is 0.500. The van der Waals surface area contributed by atoms with Gasteiger partial charge in [-0.3, -0.25) is 4.79 Å². The Morgan fingerprint density at radius 2 is 2.16 bits per heavy atom. The first-order chi connectivity index (χ1) is 8.93. The maximum atomic E-state index is 11.1. The van der Waals surface area contributed by atoms with E-state index in [1.54, 1.807) is 0 Å². The van der Waals surface area contributed by atoms with E-state index in [9.17, 15) is 4.79 Å². The summed E-state index contributed by atoms with van der Waals surface area (Å²) in [4.78, 5) is 13.1. The molecule has 0 atom stereocenters. The van der Waals surface area contributed by atoms with Gasteiger partial charge in [0.25, 0.3) is 0 Å². The third-order valence-corrected chi connectivity index (χ3v) is 3.05. The average molecular weight is 284 g/mol. The van der Waals surface area contributed by atoms with Crippen LogP contribution in [0.15, 0.2) is 18.2 Å². The third-order valence-electron chi connectivity index (χ3n) is 2.82. The van der Waals surface area contributed by atoms with E-state index in [0.717, 1.165) is 17.8 Å². The smallest absolute Gasteiger partial charge is 0.236 e. The van der Waals surface area contributed by atoms with Gasteiger partial charge in [-0.05, 0) is 24.6 Å². The van der Waals surface area contributed by atoms with Crippen molar-refractivity contribution in [1.82, 2.24) is 5.32 Å². The van der Waals surface area contributed by atoms with Gasteiger partial charge in [0.1, 0.15) is 0 Å². The molecule has 0 heterocycles. The number of nitrogens with zero attached hydrogens (tertiary/aromatic N) is 1. The highest BCUT2D eigenvalue weighted by Gasteiger charge is 2.12. The van der Waals surface area contributed by atoms with E-state index in [0.29, 0.717) is 17.6 Å². The number of carbonyl (C=O) groups is 1. The molecule has 5 heteroatoms. The molecule has 0 fully saturated rings. The first kappa shape index (κ1) is 15.8. The molecule has 1 rings (SSSR count). The summed E-state index contributed by atoms with van der Waals surface area (Å²) in [6.45, 7) is 7.82. The van der Waals surface area contributed by atoms with Crippen LogP contribution in [0.4, 0.5) is 5.69 Å². The number of nitrogens with two attached hydrogens (primary N) is 1. The normalized spacial score (nSPS) is 10.8. The van der Waals surface area contributed by atoms with E-state index in [2.05, 4.69) is 19.2 Å². The number of amides is 1. The molecule has 0 aromatic heterocycles. The van der Waals surface area contributed by atoms with Crippen LogP contribution in [0.3, 0.4) is 0 Å². The number of carbonyl (C=O) groups excluding carboxylic acids is 1. The second kappa shape index (κ2) is 7.36. The van der Waals surface area contributed by atoms with Crippen LogP contribution in [-0.2, 0) is 11.3 Å².